The van der Waals surface area contributed by atoms with Gasteiger partial charge in [0.1, 0.15) is 11.9 Å². The van der Waals surface area contributed by atoms with Gasteiger partial charge in [-0.15, -0.1) is 0 Å². The Labute approximate surface area is 178 Å². The number of benzene rings is 2. The van der Waals surface area contributed by atoms with Crippen LogP contribution in [-0.2, 0) is 5.60 Å². The van der Waals surface area contributed by atoms with E-state index in [0.717, 1.165) is 12.1 Å². The summed E-state index contributed by atoms with van der Waals surface area (Å²) in [4.78, 5) is 12.2. The molecule has 2 N–H and O–H groups in total. The standard InChI is InChI=1S/C21H19F6NO4/c22-20(23,24)19(31,21(25,26)27)15-5-1-13(2-6-15)14-3-7-16(8-4-14)32-17-9-11-28(12-10-17)18(29)30/h1-8,17,31H,9-12H2,(H,29,30). The topological polar surface area (TPSA) is 70.0 Å². The molecule has 0 saturated carbocycles. The number of hydrogen-bond donors (Lipinski definition) is 2. The molecule has 0 aliphatic carbocycles. The van der Waals surface area contributed by atoms with E-state index >= 15 is 0 Å². The molecule has 1 aliphatic rings. The van der Waals surface area contributed by atoms with E-state index in [9.17, 15) is 36.2 Å². The van der Waals surface area contributed by atoms with E-state index < -0.39 is 29.6 Å². The molecule has 0 spiro atoms. The van der Waals surface area contributed by atoms with Gasteiger partial charge in [0.15, 0.2) is 0 Å². The molecule has 1 heterocycles. The fraction of sp³-hybridized carbons (Fsp3) is 0.381. The molecular weight excluding hydrogens is 444 g/mol. The quantitative estimate of drug-likeness (QED) is 0.613. The van der Waals surface area contributed by atoms with Gasteiger partial charge in [0, 0.05) is 31.5 Å². The van der Waals surface area contributed by atoms with E-state index in [1.54, 1.807) is 24.3 Å². The zero-order valence-corrected chi connectivity index (χ0v) is 16.5. The summed E-state index contributed by atoms with van der Waals surface area (Å²) in [5.41, 5.74) is -5.42. The highest BCUT2D eigenvalue weighted by molar-refractivity contribution is 5.65. The van der Waals surface area contributed by atoms with Crippen LogP contribution < -0.4 is 4.74 Å². The van der Waals surface area contributed by atoms with Gasteiger partial charge in [0.05, 0.1) is 0 Å². The smallest absolute Gasteiger partial charge is 0.430 e. The fourth-order valence-electron chi connectivity index (χ4n) is 3.48. The molecule has 0 atom stereocenters. The summed E-state index contributed by atoms with van der Waals surface area (Å²) in [6.07, 6.45) is -12.0. The first-order valence-corrected chi connectivity index (χ1v) is 9.54. The fourth-order valence-corrected chi connectivity index (χ4v) is 3.48. The van der Waals surface area contributed by atoms with Crippen molar-refractivity contribution in [2.24, 2.45) is 0 Å². The van der Waals surface area contributed by atoms with Crippen LogP contribution in [0.15, 0.2) is 48.5 Å². The van der Waals surface area contributed by atoms with Crippen LogP contribution in [0.5, 0.6) is 5.75 Å². The first kappa shape index (κ1) is 23.7. The molecule has 2 aromatic carbocycles. The molecule has 0 unspecified atom stereocenters. The van der Waals surface area contributed by atoms with Gasteiger partial charge in [-0.05, 0) is 23.3 Å². The number of aliphatic hydroxyl groups is 1. The van der Waals surface area contributed by atoms with Crippen LogP contribution in [0.2, 0.25) is 0 Å². The van der Waals surface area contributed by atoms with E-state index in [0.29, 0.717) is 54.9 Å². The van der Waals surface area contributed by atoms with Crippen molar-refractivity contribution >= 4 is 6.09 Å². The van der Waals surface area contributed by atoms with Gasteiger partial charge in [0.2, 0.25) is 0 Å². The molecule has 0 bridgehead atoms. The lowest BCUT2D eigenvalue weighted by Gasteiger charge is -2.32. The highest BCUT2D eigenvalue weighted by atomic mass is 19.4. The van der Waals surface area contributed by atoms with Crippen molar-refractivity contribution in [1.29, 1.82) is 0 Å². The number of carboxylic acid groups (broad SMARTS) is 1. The van der Waals surface area contributed by atoms with Crippen molar-refractivity contribution in [3.8, 4) is 16.9 Å². The van der Waals surface area contributed by atoms with E-state index in [2.05, 4.69) is 0 Å². The summed E-state index contributed by atoms with van der Waals surface area (Å²) in [5, 5.41) is 18.4. The van der Waals surface area contributed by atoms with Gasteiger partial charge in [-0.25, -0.2) is 4.79 Å². The monoisotopic (exact) mass is 463 g/mol. The molecule has 1 amide bonds. The molecule has 32 heavy (non-hydrogen) atoms. The molecule has 3 rings (SSSR count). The summed E-state index contributed by atoms with van der Waals surface area (Å²) in [7, 11) is 0. The first-order valence-electron chi connectivity index (χ1n) is 9.54. The highest BCUT2D eigenvalue weighted by Crippen LogP contribution is 2.50. The van der Waals surface area contributed by atoms with Gasteiger partial charge >= 0.3 is 18.4 Å². The highest BCUT2D eigenvalue weighted by Gasteiger charge is 2.71. The minimum absolute atomic E-state index is 0.168. The zero-order chi connectivity index (χ0) is 23.7. The normalized spacial score (nSPS) is 16.2. The molecule has 1 fully saturated rings. The molecule has 0 aromatic heterocycles. The van der Waals surface area contributed by atoms with E-state index in [1.165, 1.54) is 4.90 Å². The summed E-state index contributed by atoms with van der Waals surface area (Å²) in [5.74, 6) is 0.502. The Morgan fingerprint density at radius 2 is 1.28 bits per heavy atom. The Kier molecular flexibility index (Phi) is 6.32. The average molecular weight is 463 g/mol. The van der Waals surface area contributed by atoms with Crippen molar-refractivity contribution < 1.29 is 46.1 Å². The maximum Gasteiger partial charge on any atom is 0.430 e. The Morgan fingerprint density at radius 3 is 1.69 bits per heavy atom. The Hall–Kier alpha value is -2.95. The second-order valence-electron chi connectivity index (χ2n) is 7.39. The summed E-state index contributed by atoms with van der Waals surface area (Å²) < 4.78 is 83.8. The number of hydrogen-bond acceptors (Lipinski definition) is 3. The molecule has 5 nitrogen and oxygen atoms in total. The first-order chi connectivity index (χ1) is 14.8. The van der Waals surface area contributed by atoms with Crippen LogP contribution in [0.3, 0.4) is 0 Å². The summed E-state index contributed by atoms with van der Waals surface area (Å²) in [6, 6.07) is 9.72. The molecule has 1 aliphatic heterocycles. The number of nitrogens with zero attached hydrogens (tertiary/aromatic N) is 1. The number of likely N-dealkylation sites (tertiary alicyclic amines) is 1. The molecular formula is C21H19F6NO4. The number of ether oxygens (including phenoxy) is 1. The average Bonchev–Trinajstić information content (AvgIpc) is 2.72. The zero-order valence-electron chi connectivity index (χ0n) is 16.5. The van der Waals surface area contributed by atoms with Crippen molar-refractivity contribution in [3.05, 3.63) is 54.1 Å². The van der Waals surface area contributed by atoms with Gasteiger partial charge in [-0.3, -0.25) is 0 Å². The maximum absolute atomic E-state index is 13.0. The van der Waals surface area contributed by atoms with Crippen LogP contribution >= 0.6 is 0 Å². The number of carbonyl (C=O) groups is 1. The van der Waals surface area contributed by atoms with Crippen molar-refractivity contribution in [2.45, 2.75) is 36.9 Å². The Bertz CT molecular complexity index is 919. The lowest BCUT2D eigenvalue weighted by atomic mass is 9.90. The second-order valence-corrected chi connectivity index (χ2v) is 7.39. The lowest BCUT2D eigenvalue weighted by Crippen LogP contribution is -2.53. The number of alkyl halides is 6. The van der Waals surface area contributed by atoms with Crippen molar-refractivity contribution in [2.75, 3.05) is 13.1 Å². The van der Waals surface area contributed by atoms with Gasteiger partial charge < -0.3 is 19.8 Å². The van der Waals surface area contributed by atoms with E-state index in [-0.39, 0.29) is 6.10 Å². The van der Waals surface area contributed by atoms with Gasteiger partial charge in [-0.2, -0.15) is 26.3 Å². The number of rotatable bonds is 4. The number of halogens is 6. The second kappa shape index (κ2) is 8.53. The molecule has 0 radical (unpaired) electrons. The summed E-state index contributed by atoms with van der Waals surface area (Å²) in [6.45, 7) is 0.708. The van der Waals surface area contributed by atoms with Crippen LogP contribution in [0.1, 0.15) is 18.4 Å². The van der Waals surface area contributed by atoms with Crippen LogP contribution in [0, 0.1) is 0 Å². The minimum Gasteiger partial charge on any atom is -0.490 e. The largest absolute Gasteiger partial charge is 0.490 e. The third-order valence-corrected chi connectivity index (χ3v) is 5.33. The van der Waals surface area contributed by atoms with Crippen molar-refractivity contribution in [3.63, 3.8) is 0 Å². The molecule has 174 valence electrons. The van der Waals surface area contributed by atoms with Crippen LogP contribution in [0.25, 0.3) is 11.1 Å². The third-order valence-electron chi connectivity index (χ3n) is 5.33. The number of amides is 1. The SMILES string of the molecule is O=C(O)N1CCC(Oc2ccc(-c3ccc(C(O)(C(F)(F)F)C(F)(F)F)cc3)cc2)CC1. The summed E-state index contributed by atoms with van der Waals surface area (Å²) >= 11 is 0. The molecule has 1 saturated heterocycles. The maximum atomic E-state index is 13.0. The van der Waals surface area contributed by atoms with Crippen LogP contribution in [0.4, 0.5) is 31.1 Å². The Morgan fingerprint density at radius 1 is 0.844 bits per heavy atom. The van der Waals surface area contributed by atoms with Gasteiger partial charge in [-0.1, -0.05) is 36.4 Å². The van der Waals surface area contributed by atoms with Crippen LogP contribution in [-0.4, -0.2) is 52.8 Å². The predicted octanol–water partition coefficient (Wildman–Crippen LogP) is 5.19. The van der Waals surface area contributed by atoms with Gasteiger partial charge in [0.25, 0.3) is 5.60 Å². The third kappa shape index (κ3) is 4.62. The number of piperidine rings is 1. The van der Waals surface area contributed by atoms with E-state index in [4.69, 9.17) is 9.84 Å². The molecule has 11 heteroatoms. The van der Waals surface area contributed by atoms with Crippen molar-refractivity contribution in [1.82, 2.24) is 4.90 Å². The predicted molar refractivity (Wildman–Crippen MR) is 101 cm³/mol. The lowest BCUT2D eigenvalue weighted by molar-refractivity contribution is -0.376. The van der Waals surface area contributed by atoms with E-state index in [1.807, 2.05) is 0 Å². The molecule has 2 aromatic rings. The Balaban J connectivity index is 1.71. The minimum atomic E-state index is -5.94.